The zero-order chi connectivity index (χ0) is 13.5. The van der Waals surface area contributed by atoms with Gasteiger partial charge in [0.05, 0.1) is 11.7 Å². The molecule has 0 amide bonds. The maximum atomic E-state index is 4.56. The van der Waals surface area contributed by atoms with Crippen LogP contribution in [0.4, 0.5) is 0 Å². The van der Waals surface area contributed by atoms with Gasteiger partial charge in [0.15, 0.2) is 0 Å². The predicted octanol–water partition coefficient (Wildman–Crippen LogP) is 2.52. The molecular weight excluding hydrogens is 236 g/mol. The molecule has 0 aliphatic rings. The molecule has 2 aromatic rings. The van der Waals surface area contributed by atoms with Crippen molar-refractivity contribution in [1.82, 2.24) is 20.3 Å². The molecule has 4 nitrogen and oxygen atoms in total. The molecule has 0 aliphatic heterocycles. The number of nitrogens with one attached hydrogen (secondary N) is 1. The minimum absolute atomic E-state index is 0.0669. The Balaban J connectivity index is 2.37. The molecule has 0 aromatic carbocycles. The summed E-state index contributed by atoms with van der Waals surface area (Å²) >= 11 is 0. The second kappa shape index (κ2) is 6.95. The van der Waals surface area contributed by atoms with Crippen LogP contribution in [0.3, 0.4) is 0 Å². The van der Waals surface area contributed by atoms with Crippen LogP contribution < -0.4 is 5.32 Å². The van der Waals surface area contributed by atoms with Crippen LogP contribution in [0, 0.1) is 0 Å². The Morgan fingerprint density at radius 2 is 2.00 bits per heavy atom. The SMILES string of the molecule is CCCNC(c1cncnc1)c1ncccc1CC. The molecule has 1 unspecified atom stereocenters. The first-order chi connectivity index (χ1) is 9.36. The molecule has 1 N–H and O–H groups in total. The molecule has 0 fully saturated rings. The van der Waals surface area contributed by atoms with Crippen molar-refractivity contribution in [3.63, 3.8) is 0 Å². The van der Waals surface area contributed by atoms with Crippen LogP contribution in [0.25, 0.3) is 0 Å². The smallest absolute Gasteiger partial charge is 0.115 e. The van der Waals surface area contributed by atoms with Gasteiger partial charge in [-0.2, -0.15) is 0 Å². The van der Waals surface area contributed by atoms with E-state index in [1.54, 1.807) is 6.33 Å². The van der Waals surface area contributed by atoms with Gasteiger partial charge in [-0.15, -0.1) is 0 Å². The normalized spacial score (nSPS) is 12.3. The van der Waals surface area contributed by atoms with Gasteiger partial charge in [-0.1, -0.05) is 19.9 Å². The fourth-order valence-corrected chi connectivity index (χ4v) is 2.13. The molecule has 0 bridgehead atoms. The highest BCUT2D eigenvalue weighted by Crippen LogP contribution is 2.22. The molecule has 0 spiro atoms. The predicted molar refractivity (Wildman–Crippen MR) is 75.8 cm³/mol. The molecule has 0 aliphatic carbocycles. The molecule has 2 heterocycles. The standard InChI is InChI=1S/C15H20N4/c1-3-7-18-15(13-9-16-11-17-10-13)14-12(4-2)6-5-8-19-14/h5-6,8-11,15,18H,3-4,7H2,1-2H3. The van der Waals surface area contributed by atoms with Crippen LogP contribution in [0.5, 0.6) is 0 Å². The lowest BCUT2D eigenvalue weighted by Crippen LogP contribution is -2.25. The van der Waals surface area contributed by atoms with Gasteiger partial charge in [0.1, 0.15) is 6.33 Å². The molecule has 2 rings (SSSR count). The number of pyridine rings is 1. The second-order valence-electron chi connectivity index (χ2n) is 4.46. The van der Waals surface area contributed by atoms with Gasteiger partial charge in [0, 0.05) is 24.2 Å². The van der Waals surface area contributed by atoms with E-state index in [2.05, 4.69) is 40.2 Å². The summed E-state index contributed by atoms with van der Waals surface area (Å²) in [4.78, 5) is 12.8. The van der Waals surface area contributed by atoms with E-state index in [4.69, 9.17) is 0 Å². The summed E-state index contributed by atoms with van der Waals surface area (Å²) in [6.07, 6.45) is 9.17. The minimum atomic E-state index is 0.0669. The third kappa shape index (κ3) is 3.35. The first kappa shape index (κ1) is 13.6. The Kier molecular flexibility index (Phi) is 4.98. The highest BCUT2D eigenvalue weighted by Gasteiger charge is 2.17. The lowest BCUT2D eigenvalue weighted by atomic mass is 10.0. The van der Waals surface area contributed by atoms with Gasteiger partial charge < -0.3 is 5.32 Å². The summed E-state index contributed by atoms with van der Waals surface area (Å²) in [5.74, 6) is 0. The highest BCUT2D eigenvalue weighted by molar-refractivity contribution is 5.30. The summed E-state index contributed by atoms with van der Waals surface area (Å²) in [5.41, 5.74) is 3.40. The second-order valence-corrected chi connectivity index (χ2v) is 4.46. The molecule has 100 valence electrons. The van der Waals surface area contributed by atoms with E-state index in [0.29, 0.717) is 0 Å². The van der Waals surface area contributed by atoms with Crippen molar-refractivity contribution in [2.45, 2.75) is 32.7 Å². The summed E-state index contributed by atoms with van der Waals surface area (Å²) in [6.45, 7) is 5.25. The maximum absolute atomic E-state index is 4.56. The third-order valence-corrected chi connectivity index (χ3v) is 3.09. The first-order valence-corrected chi connectivity index (χ1v) is 6.78. The molecule has 0 saturated heterocycles. The number of rotatable bonds is 6. The van der Waals surface area contributed by atoms with Crippen LogP contribution in [0.2, 0.25) is 0 Å². The Morgan fingerprint density at radius 3 is 2.68 bits per heavy atom. The van der Waals surface area contributed by atoms with E-state index in [-0.39, 0.29) is 6.04 Å². The Hall–Kier alpha value is -1.81. The van der Waals surface area contributed by atoms with E-state index in [1.807, 2.05) is 24.7 Å². The molecule has 0 radical (unpaired) electrons. The van der Waals surface area contributed by atoms with Crippen LogP contribution >= 0.6 is 0 Å². The quantitative estimate of drug-likeness (QED) is 0.863. The van der Waals surface area contributed by atoms with E-state index >= 15 is 0 Å². The van der Waals surface area contributed by atoms with Crippen LogP contribution in [-0.4, -0.2) is 21.5 Å². The largest absolute Gasteiger partial charge is 0.305 e. The van der Waals surface area contributed by atoms with Gasteiger partial charge >= 0.3 is 0 Å². The maximum Gasteiger partial charge on any atom is 0.115 e. The van der Waals surface area contributed by atoms with Crippen LogP contribution in [-0.2, 0) is 6.42 Å². The fourth-order valence-electron chi connectivity index (χ4n) is 2.13. The topological polar surface area (TPSA) is 50.7 Å². The minimum Gasteiger partial charge on any atom is -0.305 e. The van der Waals surface area contributed by atoms with Gasteiger partial charge in [-0.25, -0.2) is 9.97 Å². The molecule has 19 heavy (non-hydrogen) atoms. The zero-order valence-electron chi connectivity index (χ0n) is 11.5. The number of aryl methyl sites for hydroxylation is 1. The van der Waals surface area contributed by atoms with Crippen molar-refractivity contribution in [2.24, 2.45) is 0 Å². The van der Waals surface area contributed by atoms with Crippen molar-refractivity contribution in [3.8, 4) is 0 Å². The van der Waals surface area contributed by atoms with Crippen molar-refractivity contribution >= 4 is 0 Å². The van der Waals surface area contributed by atoms with Crippen molar-refractivity contribution < 1.29 is 0 Å². The Bertz CT molecular complexity index is 499. The fraction of sp³-hybridized carbons (Fsp3) is 0.400. The lowest BCUT2D eigenvalue weighted by molar-refractivity contribution is 0.578. The Labute approximate surface area is 114 Å². The average molecular weight is 256 g/mol. The van der Waals surface area contributed by atoms with E-state index < -0.39 is 0 Å². The van der Waals surface area contributed by atoms with Crippen molar-refractivity contribution in [1.29, 1.82) is 0 Å². The molecule has 2 aromatic heterocycles. The summed E-state index contributed by atoms with van der Waals surface area (Å²) in [5, 5.41) is 3.53. The third-order valence-electron chi connectivity index (χ3n) is 3.09. The van der Waals surface area contributed by atoms with Crippen LogP contribution in [0.15, 0.2) is 37.1 Å². The summed E-state index contributed by atoms with van der Waals surface area (Å²) in [7, 11) is 0. The number of hydrogen-bond donors (Lipinski definition) is 1. The molecule has 4 heteroatoms. The van der Waals surface area contributed by atoms with E-state index in [1.165, 1.54) is 5.56 Å². The average Bonchev–Trinajstić information content (AvgIpc) is 2.49. The summed E-state index contributed by atoms with van der Waals surface area (Å²) in [6, 6.07) is 4.19. The number of nitrogens with zero attached hydrogens (tertiary/aromatic N) is 3. The van der Waals surface area contributed by atoms with E-state index in [0.717, 1.165) is 30.6 Å². The Morgan fingerprint density at radius 1 is 1.21 bits per heavy atom. The molecular formula is C15H20N4. The monoisotopic (exact) mass is 256 g/mol. The van der Waals surface area contributed by atoms with Crippen molar-refractivity contribution in [2.75, 3.05) is 6.54 Å². The number of aromatic nitrogens is 3. The lowest BCUT2D eigenvalue weighted by Gasteiger charge is -2.20. The molecule has 0 saturated carbocycles. The van der Waals surface area contributed by atoms with Crippen LogP contribution in [0.1, 0.15) is 43.1 Å². The van der Waals surface area contributed by atoms with Gasteiger partial charge in [0.25, 0.3) is 0 Å². The van der Waals surface area contributed by atoms with Gasteiger partial charge in [0.2, 0.25) is 0 Å². The van der Waals surface area contributed by atoms with Crippen molar-refractivity contribution in [3.05, 3.63) is 53.9 Å². The zero-order valence-corrected chi connectivity index (χ0v) is 11.5. The first-order valence-electron chi connectivity index (χ1n) is 6.78. The van der Waals surface area contributed by atoms with Gasteiger partial charge in [-0.3, -0.25) is 4.98 Å². The van der Waals surface area contributed by atoms with Gasteiger partial charge in [-0.05, 0) is 31.0 Å². The number of hydrogen-bond acceptors (Lipinski definition) is 4. The van der Waals surface area contributed by atoms with E-state index in [9.17, 15) is 0 Å². The highest BCUT2D eigenvalue weighted by atomic mass is 14.9. The summed E-state index contributed by atoms with van der Waals surface area (Å²) < 4.78 is 0. The molecule has 1 atom stereocenters.